The largest absolute Gasteiger partial charge is 0.388 e. The number of nitrogens with one attached hydrogen (secondary N) is 2. The lowest BCUT2D eigenvalue weighted by atomic mass is 10.1. The van der Waals surface area contributed by atoms with Gasteiger partial charge in [0.25, 0.3) is 0 Å². The maximum atomic E-state index is 11.6. The lowest BCUT2D eigenvalue weighted by Gasteiger charge is -2.23. The van der Waals surface area contributed by atoms with Crippen molar-refractivity contribution in [2.24, 2.45) is 5.73 Å². The quantitative estimate of drug-likeness (QED) is 0.522. The molecular formula is C11H12N4O2S. The maximum absolute atomic E-state index is 11.6. The predicted molar refractivity (Wildman–Crippen MR) is 69.9 cm³/mol. The number of hydrogen-bond acceptors (Lipinski definition) is 5. The average molecular weight is 264 g/mol. The van der Waals surface area contributed by atoms with Gasteiger partial charge in [-0.1, -0.05) is 12.2 Å². The summed E-state index contributed by atoms with van der Waals surface area (Å²) in [4.78, 5) is 26.9. The third-order valence-corrected chi connectivity index (χ3v) is 2.80. The van der Waals surface area contributed by atoms with E-state index in [-0.39, 0.29) is 16.8 Å². The molecule has 1 aromatic rings. The maximum Gasteiger partial charge on any atom is 0.249 e. The summed E-state index contributed by atoms with van der Waals surface area (Å²) in [6, 6.07) is 2.99. The molecule has 6 nitrogen and oxygen atoms in total. The van der Waals surface area contributed by atoms with Crippen LogP contribution < -0.4 is 16.4 Å². The van der Waals surface area contributed by atoms with Crippen LogP contribution in [0.4, 0.5) is 5.69 Å². The first-order valence-electron chi connectivity index (χ1n) is 5.43. The highest BCUT2D eigenvalue weighted by atomic mass is 32.1. The zero-order valence-electron chi connectivity index (χ0n) is 9.47. The van der Waals surface area contributed by atoms with Gasteiger partial charge >= 0.3 is 0 Å². The van der Waals surface area contributed by atoms with Crippen LogP contribution in [0.5, 0.6) is 0 Å². The molecule has 2 rings (SSSR count). The number of carbonyl (C=O) groups excluding carboxylic acids is 2. The molecule has 1 fully saturated rings. The van der Waals surface area contributed by atoms with Gasteiger partial charge < -0.3 is 11.1 Å². The Kier molecular flexibility index (Phi) is 3.52. The van der Waals surface area contributed by atoms with Crippen molar-refractivity contribution in [3.8, 4) is 0 Å². The Hall–Kier alpha value is -2.02. The van der Waals surface area contributed by atoms with Gasteiger partial charge in [0.1, 0.15) is 16.7 Å². The van der Waals surface area contributed by atoms with Crippen LogP contribution in [-0.4, -0.2) is 27.8 Å². The van der Waals surface area contributed by atoms with Crippen molar-refractivity contribution in [1.29, 1.82) is 0 Å². The number of hydrogen-bond donors (Lipinski definition) is 3. The number of amides is 2. The Balaban J connectivity index is 2.17. The smallest absolute Gasteiger partial charge is 0.249 e. The van der Waals surface area contributed by atoms with Crippen molar-refractivity contribution in [2.45, 2.75) is 18.9 Å². The number of pyridine rings is 1. The van der Waals surface area contributed by atoms with E-state index in [2.05, 4.69) is 15.6 Å². The molecule has 7 heteroatoms. The van der Waals surface area contributed by atoms with Gasteiger partial charge in [0, 0.05) is 12.6 Å². The topological polar surface area (TPSA) is 97.1 Å². The van der Waals surface area contributed by atoms with E-state index in [4.69, 9.17) is 18.0 Å². The van der Waals surface area contributed by atoms with Gasteiger partial charge in [0.2, 0.25) is 11.8 Å². The Morgan fingerprint density at radius 2 is 2.33 bits per heavy atom. The van der Waals surface area contributed by atoms with E-state index >= 15 is 0 Å². The molecule has 1 atom stereocenters. The van der Waals surface area contributed by atoms with Gasteiger partial charge in [0.15, 0.2) is 0 Å². The minimum Gasteiger partial charge on any atom is -0.388 e. The molecule has 18 heavy (non-hydrogen) atoms. The average Bonchev–Trinajstić information content (AvgIpc) is 2.33. The highest BCUT2D eigenvalue weighted by Gasteiger charge is 2.27. The Morgan fingerprint density at radius 1 is 1.56 bits per heavy atom. The fourth-order valence-electron chi connectivity index (χ4n) is 1.74. The molecule has 2 heterocycles. The number of carbonyl (C=O) groups is 2. The lowest BCUT2D eigenvalue weighted by molar-refractivity contribution is -0.133. The number of nitrogens with zero attached hydrogens (tertiary/aromatic N) is 1. The highest BCUT2D eigenvalue weighted by molar-refractivity contribution is 7.80. The van der Waals surface area contributed by atoms with Crippen LogP contribution in [0.15, 0.2) is 18.3 Å². The Bertz CT molecular complexity index is 518. The minimum atomic E-state index is -0.472. The van der Waals surface area contributed by atoms with Crippen molar-refractivity contribution in [2.75, 3.05) is 5.32 Å². The molecule has 4 N–H and O–H groups in total. The first kappa shape index (κ1) is 12.4. The van der Waals surface area contributed by atoms with Crippen LogP contribution in [0.1, 0.15) is 18.5 Å². The normalized spacial score (nSPS) is 19.2. The molecule has 0 radical (unpaired) electrons. The summed E-state index contributed by atoms with van der Waals surface area (Å²) in [5.41, 5.74) is 6.59. The number of rotatable bonds is 3. The van der Waals surface area contributed by atoms with Crippen molar-refractivity contribution in [1.82, 2.24) is 10.3 Å². The third kappa shape index (κ3) is 2.62. The fraction of sp³-hybridized carbons (Fsp3) is 0.273. The van der Waals surface area contributed by atoms with E-state index in [0.29, 0.717) is 24.2 Å². The predicted octanol–water partition coefficient (Wildman–Crippen LogP) is -0.0671. The summed E-state index contributed by atoms with van der Waals surface area (Å²) in [7, 11) is 0. The summed E-state index contributed by atoms with van der Waals surface area (Å²) >= 11 is 4.89. The molecule has 0 saturated carbocycles. The third-order valence-electron chi connectivity index (χ3n) is 2.61. The summed E-state index contributed by atoms with van der Waals surface area (Å²) in [5, 5.41) is 5.28. The number of piperidine rings is 1. The molecule has 0 aromatic carbocycles. The lowest BCUT2D eigenvalue weighted by Crippen LogP contribution is -2.47. The fourth-order valence-corrected chi connectivity index (χ4v) is 1.90. The van der Waals surface area contributed by atoms with Crippen LogP contribution in [0.3, 0.4) is 0 Å². The van der Waals surface area contributed by atoms with Crippen molar-refractivity contribution < 1.29 is 9.59 Å². The van der Waals surface area contributed by atoms with E-state index in [1.807, 2.05) is 0 Å². The zero-order chi connectivity index (χ0) is 13.1. The van der Waals surface area contributed by atoms with E-state index in [0.717, 1.165) is 0 Å². The molecule has 1 aromatic heterocycles. The summed E-state index contributed by atoms with van der Waals surface area (Å²) < 4.78 is 0. The first-order valence-corrected chi connectivity index (χ1v) is 5.84. The summed E-state index contributed by atoms with van der Waals surface area (Å²) in [5.74, 6) is -0.595. The van der Waals surface area contributed by atoms with Gasteiger partial charge in [-0.3, -0.25) is 19.9 Å². The molecular weight excluding hydrogens is 252 g/mol. The van der Waals surface area contributed by atoms with Crippen molar-refractivity contribution in [3.05, 3.63) is 24.0 Å². The van der Waals surface area contributed by atoms with Crippen molar-refractivity contribution >= 4 is 34.7 Å². The Morgan fingerprint density at radius 3 is 3.00 bits per heavy atom. The first-order chi connectivity index (χ1) is 8.58. The summed E-state index contributed by atoms with van der Waals surface area (Å²) in [6.07, 6.45) is 2.33. The van der Waals surface area contributed by atoms with Gasteiger partial charge in [-0.05, 0) is 18.6 Å². The molecule has 0 bridgehead atoms. The number of nitrogens with two attached hydrogens (primary N) is 1. The highest BCUT2D eigenvalue weighted by Crippen LogP contribution is 2.16. The van der Waals surface area contributed by atoms with Crippen molar-refractivity contribution in [3.63, 3.8) is 0 Å². The number of aromatic nitrogens is 1. The van der Waals surface area contributed by atoms with Gasteiger partial charge in [-0.2, -0.15) is 0 Å². The molecule has 2 amide bonds. The summed E-state index contributed by atoms with van der Waals surface area (Å²) in [6.45, 7) is 0. The van der Waals surface area contributed by atoms with Crippen LogP contribution in [0.25, 0.3) is 0 Å². The molecule has 0 spiro atoms. The number of thiocarbonyl (C=S) groups is 1. The van der Waals surface area contributed by atoms with Gasteiger partial charge in [-0.25, -0.2) is 0 Å². The van der Waals surface area contributed by atoms with Crippen LogP contribution >= 0.6 is 12.2 Å². The molecule has 1 saturated heterocycles. The van der Waals surface area contributed by atoms with E-state index < -0.39 is 6.04 Å². The number of imide groups is 1. The van der Waals surface area contributed by atoms with Crippen LogP contribution in [-0.2, 0) is 9.59 Å². The molecule has 1 unspecified atom stereocenters. The van der Waals surface area contributed by atoms with E-state index in [1.165, 1.54) is 0 Å². The molecule has 0 aliphatic carbocycles. The van der Waals surface area contributed by atoms with Gasteiger partial charge in [-0.15, -0.1) is 0 Å². The van der Waals surface area contributed by atoms with Crippen LogP contribution in [0, 0.1) is 0 Å². The second kappa shape index (κ2) is 5.09. The number of anilines is 1. The molecule has 94 valence electrons. The van der Waals surface area contributed by atoms with E-state index in [9.17, 15) is 9.59 Å². The standard InChI is InChI=1S/C11H12N4O2S/c12-10(18)9-6(2-1-5-13-9)14-7-3-4-8(16)15-11(7)17/h1-2,5,7,14H,3-4H2,(H2,12,18)(H,15,16,17). The molecule has 1 aliphatic heterocycles. The monoisotopic (exact) mass is 264 g/mol. The minimum absolute atomic E-state index is 0.158. The SMILES string of the molecule is NC(=S)c1ncccc1NC1CCC(=O)NC1=O. The second-order valence-electron chi connectivity index (χ2n) is 3.91. The van der Waals surface area contributed by atoms with Crippen LogP contribution in [0.2, 0.25) is 0 Å². The molecule has 1 aliphatic rings. The zero-order valence-corrected chi connectivity index (χ0v) is 10.3. The second-order valence-corrected chi connectivity index (χ2v) is 4.35. The Labute approximate surface area is 109 Å². The van der Waals surface area contributed by atoms with E-state index in [1.54, 1.807) is 18.3 Å². The van der Waals surface area contributed by atoms with Gasteiger partial charge in [0.05, 0.1) is 5.69 Å².